The van der Waals surface area contributed by atoms with Crippen molar-refractivity contribution in [1.29, 1.82) is 0 Å². The van der Waals surface area contributed by atoms with Crippen molar-refractivity contribution >= 4 is 11.7 Å². The minimum atomic E-state index is -0.0859. The molecule has 3 rings (SSSR count). The number of methoxy groups -OCH3 is 2. The Bertz CT molecular complexity index is 730. The zero-order valence-corrected chi connectivity index (χ0v) is 15.4. The van der Waals surface area contributed by atoms with E-state index in [1.165, 1.54) is 0 Å². The Kier molecular flexibility index (Phi) is 6.00. The highest BCUT2D eigenvalue weighted by atomic mass is 16.5. The second kappa shape index (κ2) is 8.61. The molecule has 0 bridgehead atoms. The fraction of sp³-hybridized carbons (Fsp3) is 0.381. The number of amides is 2. The van der Waals surface area contributed by atoms with E-state index < -0.39 is 0 Å². The van der Waals surface area contributed by atoms with Gasteiger partial charge in [-0.3, -0.25) is 0 Å². The molecular formula is C21H26N2O3. The van der Waals surface area contributed by atoms with E-state index in [9.17, 15) is 4.79 Å². The Labute approximate surface area is 154 Å². The lowest BCUT2D eigenvalue weighted by molar-refractivity contribution is 0.189. The van der Waals surface area contributed by atoms with Gasteiger partial charge in [0.05, 0.1) is 25.9 Å². The van der Waals surface area contributed by atoms with Gasteiger partial charge >= 0.3 is 6.03 Å². The normalized spacial score (nSPS) is 17.3. The summed E-state index contributed by atoms with van der Waals surface area (Å²) in [6.07, 6.45) is 4.25. The molecule has 2 aromatic carbocycles. The molecule has 0 unspecified atom stereocenters. The van der Waals surface area contributed by atoms with Crippen molar-refractivity contribution in [3.05, 3.63) is 54.1 Å². The average Bonchev–Trinajstić information content (AvgIpc) is 2.94. The molecule has 5 heteroatoms. The third-order valence-corrected chi connectivity index (χ3v) is 4.86. The lowest BCUT2D eigenvalue weighted by atomic mass is 10.0. The number of carbonyl (C=O) groups is 1. The number of para-hydroxylation sites is 2. The van der Waals surface area contributed by atoms with Crippen LogP contribution in [0.25, 0.3) is 0 Å². The van der Waals surface area contributed by atoms with Crippen LogP contribution in [0.3, 0.4) is 0 Å². The van der Waals surface area contributed by atoms with Crippen molar-refractivity contribution in [2.45, 2.75) is 31.7 Å². The first-order valence-corrected chi connectivity index (χ1v) is 9.07. The highest BCUT2D eigenvalue weighted by Crippen LogP contribution is 2.32. The van der Waals surface area contributed by atoms with Gasteiger partial charge in [0, 0.05) is 6.54 Å². The molecule has 138 valence electrons. The van der Waals surface area contributed by atoms with Crippen LogP contribution in [0.1, 0.15) is 37.3 Å². The fourth-order valence-corrected chi connectivity index (χ4v) is 3.46. The molecule has 1 saturated heterocycles. The highest BCUT2D eigenvalue weighted by Gasteiger charge is 2.27. The van der Waals surface area contributed by atoms with E-state index in [1.54, 1.807) is 14.2 Å². The van der Waals surface area contributed by atoms with Gasteiger partial charge in [-0.15, -0.1) is 0 Å². The van der Waals surface area contributed by atoms with Crippen molar-refractivity contribution in [1.82, 2.24) is 4.90 Å². The summed E-state index contributed by atoms with van der Waals surface area (Å²) in [7, 11) is 3.27. The number of likely N-dealkylation sites (tertiary alicyclic amines) is 1. The van der Waals surface area contributed by atoms with Gasteiger partial charge in [0.1, 0.15) is 11.5 Å². The van der Waals surface area contributed by atoms with Crippen LogP contribution in [0.5, 0.6) is 11.5 Å². The number of hydrogen-bond acceptors (Lipinski definition) is 3. The predicted molar refractivity (Wildman–Crippen MR) is 103 cm³/mol. The molecule has 1 aliphatic heterocycles. The first-order chi connectivity index (χ1) is 12.7. The van der Waals surface area contributed by atoms with E-state index in [4.69, 9.17) is 9.47 Å². The van der Waals surface area contributed by atoms with Crippen LogP contribution >= 0.6 is 0 Å². The topological polar surface area (TPSA) is 50.8 Å². The minimum Gasteiger partial charge on any atom is -0.497 e. The molecule has 26 heavy (non-hydrogen) atoms. The van der Waals surface area contributed by atoms with E-state index in [0.717, 1.165) is 43.5 Å². The van der Waals surface area contributed by atoms with Crippen LogP contribution < -0.4 is 14.8 Å². The number of hydrogen-bond donors (Lipinski definition) is 1. The number of urea groups is 1. The number of nitrogens with zero attached hydrogens (tertiary/aromatic N) is 1. The summed E-state index contributed by atoms with van der Waals surface area (Å²) in [5.41, 5.74) is 1.83. The second-order valence-electron chi connectivity index (χ2n) is 6.46. The maximum absolute atomic E-state index is 13.0. The molecule has 1 aliphatic rings. The molecule has 1 atom stereocenters. The van der Waals surface area contributed by atoms with Gasteiger partial charge in [-0.1, -0.05) is 37.1 Å². The van der Waals surface area contributed by atoms with Crippen LogP contribution in [0, 0.1) is 0 Å². The molecule has 0 saturated carbocycles. The molecule has 0 spiro atoms. The quantitative estimate of drug-likeness (QED) is 0.853. The van der Waals surface area contributed by atoms with E-state index in [0.29, 0.717) is 11.4 Å². The average molecular weight is 354 g/mol. The van der Waals surface area contributed by atoms with Crippen molar-refractivity contribution in [3.63, 3.8) is 0 Å². The van der Waals surface area contributed by atoms with Gasteiger partial charge in [-0.25, -0.2) is 4.79 Å². The predicted octanol–water partition coefficient (Wildman–Crippen LogP) is 4.85. The maximum atomic E-state index is 13.0. The summed E-state index contributed by atoms with van der Waals surface area (Å²) in [6, 6.07) is 15.5. The second-order valence-corrected chi connectivity index (χ2v) is 6.46. The SMILES string of the molecule is COc1ccc([C@H]2CCCCCN2C(=O)Nc2ccccc2OC)cc1. The summed E-state index contributed by atoms with van der Waals surface area (Å²) in [6.45, 7) is 0.748. The van der Waals surface area contributed by atoms with Crippen LogP contribution in [-0.4, -0.2) is 31.7 Å². The molecule has 1 N–H and O–H groups in total. The fourth-order valence-electron chi connectivity index (χ4n) is 3.46. The lowest BCUT2D eigenvalue weighted by Gasteiger charge is -2.31. The number of ether oxygens (including phenoxy) is 2. The molecule has 1 heterocycles. The molecular weight excluding hydrogens is 328 g/mol. The summed E-state index contributed by atoms with van der Waals surface area (Å²) in [4.78, 5) is 15.0. The molecule has 1 fully saturated rings. The van der Waals surface area contributed by atoms with Gasteiger partial charge in [0.15, 0.2) is 0 Å². The third-order valence-electron chi connectivity index (χ3n) is 4.86. The number of benzene rings is 2. The summed E-state index contributed by atoms with van der Waals surface area (Å²) < 4.78 is 10.6. The van der Waals surface area contributed by atoms with Crippen LogP contribution in [-0.2, 0) is 0 Å². The largest absolute Gasteiger partial charge is 0.497 e. The third kappa shape index (κ3) is 4.10. The zero-order valence-electron chi connectivity index (χ0n) is 15.4. The molecule has 2 amide bonds. The van der Waals surface area contributed by atoms with Crippen LogP contribution in [0.4, 0.5) is 10.5 Å². The lowest BCUT2D eigenvalue weighted by Crippen LogP contribution is -2.38. The number of anilines is 1. The summed E-state index contributed by atoms with van der Waals surface area (Å²) in [5, 5.41) is 3.02. The summed E-state index contributed by atoms with van der Waals surface area (Å²) in [5.74, 6) is 1.49. The Hall–Kier alpha value is -2.69. The monoisotopic (exact) mass is 354 g/mol. The van der Waals surface area contributed by atoms with E-state index in [-0.39, 0.29) is 12.1 Å². The maximum Gasteiger partial charge on any atom is 0.322 e. The standard InChI is InChI=1S/C21H26N2O3/c1-25-17-13-11-16(12-14-17)19-9-4-3-7-15-23(19)21(24)22-18-8-5-6-10-20(18)26-2/h5-6,8,10-14,19H,3-4,7,9,15H2,1-2H3,(H,22,24)/t19-/m1/s1. The van der Waals surface area contributed by atoms with Gasteiger partial charge in [-0.2, -0.15) is 0 Å². The van der Waals surface area contributed by atoms with Gasteiger partial charge in [0.2, 0.25) is 0 Å². The Morgan fingerprint density at radius 2 is 1.77 bits per heavy atom. The first-order valence-electron chi connectivity index (χ1n) is 9.07. The molecule has 0 aromatic heterocycles. The summed E-state index contributed by atoms with van der Waals surface area (Å²) >= 11 is 0. The zero-order chi connectivity index (χ0) is 18.4. The molecule has 2 aromatic rings. The highest BCUT2D eigenvalue weighted by molar-refractivity contribution is 5.91. The first kappa shape index (κ1) is 18.1. The van der Waals surface area contributed by atoms with E-state index in [1.807, 2.05) is 41.3 Å². The number of carbonyl (C=O) groups excluding carboxylic acids is 1. The number of rotatable bonds is 4. The Morgan fingerprint density at radius 1 is 1.00 bits per heavy atom. The van der Waals surface area contributed by atoms with Crippen LogP contribution in [0.15, 0.2) is 48.5 Å². The van der Waals surface area contributed by atoms with Crippen molar-refractivity contribution < 1.29 is 14.3 Å². The van der Waals surface area contributed by atoms with Gasteiger partial charge < -0.3 is 19.7 Å². The van der Waals surface area contributed by atoms with E-state index >= 15 is 0 Å². The van der Waals surface area contributed by atoms with Crippen LogP contribution in [0.2, 0.25) is 0 Å². The Morgan fingerprint density at radius 3 is 2.50 bits per heavy atom. The van der Waals surface area contributed by atoms with E-state index in [2.05, 4.69) is 17.4 Å². The van der Waals surface area contributed by atoms with Gasteiger partial charge in [-0.05, 0) is 42.7 Å². The van der Waals surface area contributed by atoms with Gasteiger partial charge in [0.25, 0.3) is 0 Å². The smallest absolute Gasteiger partial charge is 0.322 e. The van der Waals surface area contributed by atoms with Crippen molar-refractivity contribution in [3.8, 4) is 11.5 Å². The van der Waals surface area contributed by atoms with Crippen molar-refractivity contribution in [2.24, 2.45) is 0 Å². The molecule has 5 nitrogen and oxygen atoms in total. The minimum absolute atomic E-state index is 0.0677. The Balaban J connectivity index is 1.82. The molecule has 0 aliphatic carbocycles. The number of nitrogens with one attached hydrogen (secondary N) is 1. The van der Waals surface area contributed by atoms with Crippen molar-refractivity contribution in [2.75, 3.05) is 26.1 Å². The molecule has 0 radical (unpaired) electrons.